The van der Waals surface area contributed by atoms with Crippen molar-refractivity contribution >= 4 is 29.4 Å². The van der Waals surface area contributed by atoms with Gasteiger partial charge in [0.05, 0.1) is 0 Å². The second-order valence-electron chi connectivity index (χ2n) is 3.96. The Labute approximate surface area is 115 Å². The average molecular weight is 263 g/mol. The molecule has 0 nitrogen and oxygen atoms in total. The van der Waals surface area contributed by atoms with E-state index in [1.807, 2.05) is 0 Å². The summed E-state index contributed by atoms with van der Waals surface area (Å²) in [5, 5.41) is 7.49. The molecule has 0 heterocycles. The molecule has 0 aliphatic heterocycles. The molecule has 0 aromatic heterocycles. The van der Waals surface area contributed by atoms with Gasteiger partial charge in [-0.15, -0.1) is 0 Å². The zero-order valence-electron chi connectivity index (χ0n) is 11.5. The number of halogens is 1. The van der Waals surface area contributed by atoms with E-state index in [1.165, 1.54) is 39.3 Å². The van der Waals surface area contributed by atoms with Crippen molar-refractivity contribution in [3.8, 4) is 0 Å². The van der Waals surface area contributed by atoms with Crippen LogP contribution in [0.1, 0.15) is 47.5 Å². The summed E-state index contributed by atoms with van der Waals surface area (Å²) in [7, 11) is 0. The standard InChI is InChI=1S/2C3H7.3C2H5.2Al.ClH/c2*1-3-2;3*1-2;;;/h2*1,3H2,2H3;3*1H2,2H3;;;1H/q;;;;;;+1;/p-1. The van der Waals surface area contributed by atoms with Crippen molar-refractivity contribution in [3.63, 3.8) is 0 Å². The second-order valence-corrected chi connectivity index (χ2v) is 9.87. The Bertz CT molecular complexity index is 76.2. The maximum atomic E-state index is 2.32. The van der Waals surface area contributed by atoms with E-state index < -0.39 is 0 Å². The second kappa shape index (κ2) is 20.7. The molecule has 0 saturated heterocycles. The van der Waals surface area contributed by atoms with Crippen molar-refractivity contribution in [1.82, 2.24) is 0 Å². The first-order chi connectivity index (χ1) is 6.76. The Hall–Kier alpha value is 1.35. The third kappa shape index (κ3) is 21.2. The summed E-state index contributed by atoms with van der Waals surface area (Å²) in [6.07, 6.45) is 2.80. The average Bonchev–Trinajstić information content (AvgIpc) is 2.22. The quantitative estimate of drug-likeness (QED) is 0.486. The molecule has 0 aliphatic carbocycles. The zero-order chi connectivity index (χ0) is 11.2. The number of hydrogen-bond donors (Lipinski definition) is 0. The third-order valence-corrected chi connectivity index (χ3v) is 8.15. The van der Waals surface area contributed by atoms with Gasteiger partial charge in [0, 0.05) is 0 Å². The van der Waals surface area contributed by atoms with Crippen LogP contribution >= 0.6 is 0 Å². The minimum absolute atomic E-state index is 0. The molecule has 0 atom stereocenters. The van der Waals surface area contributed by atoms with E-state index >= 15 is 0 Å². The van der Waals surface area contributed by atoms with Crippen LogP contribution < -0.4 is 12.4 Å². The predicted molar refractivity (Wildman–Crippen MR) is 73.1 cm³/mol. The van der Waals surface area contributed by atoms with E-state index in [9.17, 15) is 0 Å². The fourth-order valence-electron chi connectivity index (χ4n) is 1.42. The molecule has 0 rings (SSSR count). The molecule has 0 radical (unpaired) electrons. The largest absolute Gasteiger partial charge is 1.00 e. The molecule has 0 aliphatic rings. The molecule has 0 bridgehead atoms. The van der Waals surface area contributed by atoms with Gasteiger partial charge in [-0.25, -0.2) is 0 Å². The van der Waals surface area contributed by atoms with Crippen LogP contribution in [-0.4, -0.2) is 29.4 Å². The summed E-state index contributed by atoms with van der Waals surface area (Å²) in [6.45, 7) is 11.5. The Morgan fingerprint density at radius 3 is 1.20 bits per heavy atom. The Morgan fingerprint density at radius 2 is 1.07 bits per heavy atom. The van der Waals surface area contributed by atoms with E-state index in [1.54, 1.807) is 0 Å². The maximum absolute atomic E-state index is 2.32. The SMILES string of the molecule is CC[CH2][Al+][CH2]CC.C[CH2][Al]([CH2]C)[CH2]C.[Cl-]. The van der Waals surface area contributed by atoms with Crippen molar-refractivity contribution in [2.45, 2.75) is 73.9 Å². The van der Waals surface area contributed by atoms with Gasteiger partial charge in [-0.3, -0.25) is 0 Å². The van der Waals surface area contributed by atoms with Gasteiger partial charge < -0.3 is 12.4 Å². The molecule has 0 aromatic carbocycles. The molecule has 0 aromatic rings. The number of rotatable bonds is 7. The molecule has 3 heteroatoms. The predicted octanol–water partition coefficient (Wildman–Crippen LogP) is 1.89. The van der Waals surface area contributed by atoms with Crippen molar-refractivity contribution in [3.05, 3.63) is 0 Å². The molecule has 0 N–H and O–H groups in total. The monoisotopic (exact) mass is 262 g/mol. The number of hydrogen-bond acceptors (Lipinski definition) is 0. The molecule has 0 saturated carbocycles. The van der Waals surface area contributed by atoms with Gasteiger partial charge in [0.1, 0.15) is 0 Å². The van der Waals surface area contributed by atoms with Crippen molar-refractivity contribution in [2.75, 3.05) is 0 Å². The molecular formula is C12H29Al2Cl. The molecule has 0 spiro atoms. The summed E-state index contributed by atoms with van der Waals surface area (Å²) < 4.78 is 0. The van der Waals surface area contributed by atoms with Crippen LogP contribution in [0.5, 0.6) is 0 Å². The summed E-state index contributed by atoms with van der Waals surface area (Å²) in [4.78, 5) is 0. The van der Waals surface area contributed by atoms with E-state index in [0.717, 1.165) is 15.2 Å². The van der Waals surface area contributed by atoms with Crippen LogP contribution in [0.3, 0.4) is 0 Å². The van der Waals surface area contributed by atoms with Crippen molar-refractivity contribution < 1.29 is 12.4 Å². The van der Waals surface area contributed by atoms with Gasteiger partial charge in [0.15, 0.2) is 0 Å². The van der Waals surface area contributed by atoms with E-state index in [0.29, 0.717) is 0 Å². The van der Waals surface area contributed by atoms with Gasteiger partial charge in [-0.1, -0.05) is 36.6 Å². The van der Waals surface area contributed by atoms with E-state index in [4.69, 9.17) is 0 Å². The minimum atomic E-state index is -0.171. The first-order valence-corrected chi connectivity index (χ1v) is 10.7. The molecule has 0 fully saturated rings. The van der Waals surface area contributed by atoms with Gasteiger partial charge in [-0.05, 0) is 0 Å². The molecule has 0 amide bonds. The molecule has 90 valence electrons. The minimum Gasteiger partial charge on any atom is -1.00 e. The topological polar surface area (TPSA) is 0 Å². The first-order valence-electron chi connectivity index (χ1n) is 6.58. The smallest absolute Gasteiger partial charge is 0.261 e. The summed E-state index contributed by atoms with van der Waals surface area (Å²) in [5.74, 6) is 0. The van der Waals surface area contributed by atoms with Crippen LogP contribution in [-0.2, 0) is 0 Å². The Balaban J connectivity index is -0.000000180. The van der Waals surface area contributed by atoms with Crippen LogP contribution in [0, 0.1) is 0 Å². The zero-order valence-corrected chi connectivity index (χ0v) is 14.5. The Morgan fingerprint density at radius 1 is 0.733 bits per heavy atom. The first kappa shape index (κ1) is 21.6. The van der Waals surface area contributed by atoms with Crippen LogP contribution in [0.2, 0.25) is 26.4 Å². The molecule has 15 heavy (non-hydrogen) atoms. The molecule has 0 unspecified atom stereocenters. The van der Waals surface area contributed by atoms with Crippen LogP contribution in [0.15, 0.2) is 0 Å². The summed E-state index contributed by atoms with van der Waals surface area (Å²) in [5.41, 5.74) is 0. The van der Waals surface area contributed by atoms with Crippen LogP contribution in [0.4, 0.5) is 0 Å². The van der Waals surface area contributed by atoms with Gasteiger partial charge in [-0.2, -0.15) is 0 Å². The van der Waals surface area contributed by atoms with Crippen molar-refractivity contribution in [2.24, 2.45) is 0 Å². The molecular weight excluding hydrogens is 234 g/mol. The van der Waals surface area contributed by atoms with E-state index in [2.05, 4.69) is 34.6 Å². The third-order valence-electron chi connectivity index (χ3n) is 2.72. The summed E-state index contributed by atoms with van der Waals surface area (Å²) >= 11 is 0.650. The normalized spacial score (nSPS) is 8.07. The van der Waals surface area contributed by atoms with Gasteiger partial charge in [0.25, 0.3) is 14.1 Å². The summed E-state index contributed by atoms with van der Waals surface area (Å²) in [6, 6.07) is 0. The fourth-order valence-corrected chi connectivity index (χ4v) is 4.26. The van der Waals surface area contributed by atoms with Gasteiger partial charge >= 0.3 is 52.5 Å². The van der Waals surface area contributed by atoms with E-state index in [-0.39, 0.29) is 26.6 Å². The van der Waals surface area contributed by atoms with Gasteiger partial charge in [0.2, 0.25) is 0 Å². The van der Waals surface area contributed by atoms with Crippen LogP contribution in [0.25, 0.3) is 0 Å². The van der Waals surface area contributed by atoms with Crippen molar-refractivity contribution in [1.29, 1.82) is 0 Å². The Kier molecular flexibility index (Phi) is 29.9. The fraction of sp³-hybridized carbons (Fsp3) is 1.00. The maximum Gasteiger partial charge on any atom is 0.261 e.